The van der Waals surface area contributed by atoms with E-state index in [-0.39, 0.29) is 44.2 Å². The summed E-state index contributed by atoms with van der Waals surface area (Å²) in [6, 6.07) is 29.4. The maximum atomic E-state index is 13.7. The molecule has 15 heteroatoms. The molecule has 0 aliphatic carbocycles. The monoisotopic (exact) mass is 911 g/mol. The Morgan fingerprint density at radius 3 is 2.27 bits per heavy atom. The Balaban J connectivity index is 1.13. The molecule has 6 aromatic rings. The van der Waals surface area contributed by atoms with Gasteiger partial charge in [-0.3, -0.25) is 10.2 Å². The third-order valence-electron chi connectivity index (χ3n) is 9.65. The van der Waals surface area contributed by atoms with Crippen molar-refractivity contribution in [3.05, 3.63) is 157 Å². The summed E-state index contributed by atoms with van der Waals surface area (Å²) in [6.07, 6.45) is 3.79. The van der Waals surface area contributed by atoms with Crippen LogP contribution in [0.2, 0.25) is 0 Å². The highest BCUT2D eigenvalue weighted by atomic mass is 32.1. The first kappa shape index (κ1) is 47.8. The number of thiazole rings is 1. The van der Waals surface area contributed by atoms with Gasteiger partial charge in [0.2, 0.25) is 5.13 Å². The van der Waals surface area contributed by atoms with Gasteiger partial charge in [-0.25, -0.2) is 19.4 Å². The SMILES string of the molecule is C=CC(=O)OCCCCOCC(COc1ccc(C(=O)Oc2cc3ccc(C(=C)Oc4ccc(C)cc4C)cc3cc2/C=N/Nc2nc3ccccc3s2)cc1)OC(=O)CCOC(=O)C=C. The number of aryl methyl sites for hydroxylation is 2. The zero-order valence-corrected chi connectivity index (χ0v) is 37.4. The highest BCUT2D eigenvalue weighted by molar-refractivity contribution is 7.22. The van der Waals surface area contributed by atoms with Gasteiger partial charge in [0.15, 0.2) is 6.10 Å². The molecule has 14 nitrogen and oxygen atoms in total. The summed E-state index contributed by atoms with van der Waals surface area (Å²) in [6.45, 7) is 15.1. The third kappa shape index (κ3) is 14.2. The number of para-hydroxylation sites is 1. The number of carbonyl (C=O) groups excluding carboxylic acids is 4. The number of fused-ring (bicyclic) bond motifs is 2. The Kier molecular flexibility index (Phi) is 17.3. The topological polar surface area (TPSA) is 170 Å². The number of hydrogen-bond donors (Lipinski definition) is 1. The summed E-state index contributed by atoms with van der Waals surface area (Å²) in [7, 11) is 0. The van der Waals surface area contributed by atoms with Gasteiger partial charge < -0.3 is 33.2 Å². The summed E-state index contributed by atoms with van der Waals surface area (Å²) in [5, 5.41) is 6.68. The Labute approximate surface area is 386 Å². The minimum absolute atomic E-state index is 0.000473. The predicted octanol–water partition coefficient (Wildman–Crippen LogP) is 9.72. The Morgan fingerprint density at radius 2 is 1.52 bits per heavy atom. The van der Waals surface area contributed by atoms with Crippen LogP contribution >= 0.6 is 11.3 Å². The normalized spacial score (nSPS) is 11.4. The molecule has 0 saturated carbocycles. The lowest BCUT2D eigenvalue weighted by molar-refractivity contribution is -0.156. The van der Waals surface area contributed by atoms with E-state index in [2.05, 4.69) is 41.3 Å². The number of unbranched alkanes of at least 4 members (excludes halogenated alkanes) is 1. The van der Waals surface area contributed by atoms with E-state index in [9.17, 15) is 19.2 Å². The van der Waals surface area contributed by atoms with Gasteiger partial charge >= 0.3 is 23.9 Å². The Morgan fingerprint density at radius 1 is 0.773 bits per heavy atom. The maximum absolute atomic E-state index is 13.7. The van der Waals surface area contributed by atoms with Crippen LogP contribution in [0.1, 0.15) is 51.9 Å². The van der Waals surface area contributed by atoms with Crippen LogP contribution in [0.15, 0.2) is 134 Å². The molecule has 0 spiro atoms. The Bertz CT molecular complexity index is 2710. The van der Waals surface area contributed by atoms with E-state index >= 15 is 0 Å². The highest BCUT2D eigenvalue weighted by Crippen LogP contribution is 2.31. The number of carbonyl (C=O) groups is 4. The minimum atomic E-state index is -0.827. The molecule has 1 N–H and O–H groups in total. The summed E-state index contributed by atoms with van der Waals surface area (Å²) in [5.41, 5.74) is 7.51. The summed E-state index contributed by atoms with van der Waals surface area (Å²) in [5.74, 6) is -0.572. The molecule has 1 atom stereocenters. The van der Waals surface area contributed by atoms with E-state index in [1.807, 2.05) is 74.5 Å². The molecule has 1 heterocycles. The van der Waals surface area contributed by atoms with Crippen molar-refractivity contribution < 1.29 is 52.3 Å². The van der Waals surface area contributed by atoms with Gasteiger partial charge in [-0.15, -0.1) is 0 Å². The molecule has 5 aromatic carbocycles. The number of rotatable bonds is 24. The molecule has 0 aliphatic heterocycles. The molecule has 0 amide bonds. The van der Waals surface area contributed by atoms with Crippen LogP contribution in [0.25, 0.3) is 26.7 Å². The largest absolute Gasteiger partial charge is 0.490 e. The molecule has 340 valence electrons. The van der Waals surface area contributed by atoms with E-state index in [0.717, 1.165) is 49.8 Å². The number of nitrogens with one attached hydrogen (secondary N) is 1. The zero-order chi connectivity index (χ0) is 46.8. The van der Waals surface area contributed by atoms with Crippen LogP contribution in [0, 0.1) is 13.8 Å². The Hall–Kier alpha value is -7.62. The standard InChI is InChI=1S/C51H49N3O11S/c1-6-47(55)60-24-11-10-23-59-31-42(64-49(57)22-25-61-48(56)7-2)32-62-41-19-17-36(18-20-41)50(58)65-45-29-38-16-15-37(35(5)63-44-21-14-33(3)26-34(44)4)27-39(38)28-40(45)30-52-54-51-53-43-12-8-9-13-46(43)66-51/h6-9,12-21,26-30,42H,1-2,5,10-11,22-25,31-32H2,3-4H3,(H,53,54)/b52-30+. The second kappa shape index (κ2) is 23.9. The summed E-state index contributed by atoms with van der Waals surface area (Å²) in [4.78, 5) is 53.5. The minimum Gasteiger partial charge on any atom is -0.490 e. The first-order valence-electron chi connectivity index (χ1n) is 21.0. The first-order valence-corrected chi connectivity index (χ1v) is 21.8. The number of ether oxygens (including phenoxy) is 7. The molecular formula is C51H49N3O11S. The lowest BCUT2D eigenvalue weighted by Crippen LogP contribution is -2.30. The van der Waals surface area contributed by atoms with Gasteiger partial charge in [0.25, 0.3) is 0 Å². The van der Waals surface area contributed by atoms with Crippen LogP contribution in [0.3, 0.4) is 0 Å². The van der Waals surface area contributed by atoms with Crippen LogP contribution in [-0.2, 0) is 33.3 Å². The molecule has 6 rings (SSSR count). The van der Waals surface area contributed by atoms with Crippen molar-refractivity contribution in [2.75, 3.05) is 38.5 Å². The van der Waals surface area contributed by atoms with Crippen LogP contribution < -0.4 is 19.6 Å². The summed E-state index contributed by atoms with van der Waals surface area (Å²) < 4.78 is 40.3. The fourth-order valence-corrected chi connectivity index (χ4v) is 7.10. The second-order valence-corrected chi connectivity index (χ2v) is 15.7. The van der Waals surface area contributed by atoms with Crippen LogP contribution in [0.5, 0.6) is 17.2 Å². The average molecular weight is 912 g/mol. The maximum Gasteiger partial charge on any atom is 0.343 e. The molecule has 0 saturated heterocycles. The smallest absolute Gasteiger partial charge is 0.343 e. The van der Waals surface area contributed by atoms with Gasteiger partial charge in [0, 0.05) is 29.9 Å². The van der Waals surface area contributed by atoms with Crippen molar-refractivity contribution in [3.8, 4) is 17.2 Å². The van der Waals surface area contributed by atoms with Crippen molar-refractivity contribution in [1.29, 1.82) is 0 Å². The molecule has 0 aliphatic rings. The number of hydrogen-bond acceptors (Lipinski definition) is 15. The lowest BCUT2D eigenvalue weighted by atomic mass is 10.0. The lowest BCUT2D eigenvalue weighted by Gasteiger charge is -2.19. The first-order chi connectivity index (χ1) is 32.0. The second-order valence-electron chi connectivity index (χ2n) is 14.7. The van der Waals surface area contributed by atoms with Gasteiger partial charge in [0.05, 0.1) is 41.6 Å². The number of benzene rings is 5. The average Bonchev–Trinajstić information content (AvgIpc) is 3.74. The molecule has 1 unspecified atom stereocenters. The highest BCUT2D eigenvalue weighted by Gasteiger charge is 2.19. The van der Waals surface area contributed by atoms with Gasteiger partial charge in [0.1, 0.15) is 36.2 Å². The summed E-state index contributed by atoms with van der Waals surface area (Å²) >= 11 is 1.46. The molecular weight excluding hydrogens is 863 g/mol. The van der Waals surface area contributed by atoms with Crippen LogP contribution in [0.4, 0.5) is 5.13 Å². The van der Waals surface area contributed by atoms with Crippen molar-refractivity contribution in [3.63, 3.8) is 0 Å². The fraction of sp³-hybridized carbons (Fsp3) is 0.216. The van der Waals surface area contributed by atoms with Gasteiger partial charge in [-0.1, -0.05) is 73.0 Å². The van der Waals surface area contributed by atoms with Crippen molar-refractivity contribution >= 4 is 73.3 Å². The number of nitrogens with zero attached hydrogens (tertiary/aromatic N) is 2. The molecule has 1 aromatic heterocycles. The van der Waals surface area contributed by atoms with E-state index in [0.29, 0.717) is 47.4 Å². The van der Waals surface area contributed by atoms with E-state index in [1.54, 1.807) is 36.5 Å². The van der Waals surface area contributed by atoms with Crippen molar-refractivity contribution in [2.24, 2.45) is 5.10 Å². The molecule has 0 radical (unpaired) electrons. The quantitative estimate of drug-likeness (QED) is 0.00891. The van der Waals surface area contributed by atoms with Gasteiger partial charge in [-0.05, 0) is 104 Å². The molecule has 66 heavy (non-hydrogen) atoms. The van der Waals surface area contributed by atoms with E-state index < -0.39 is 30.0 Å². The molecule has 0 fully saturated rings. The fourth-order valence-electron chi connectivity index (χ4n) is 6.28. The van der Waals surface area contributed by atoms with E-state index in [1.165, 1.54) is 11.3 Å². The third-order valence-corrected chi connectivity index (χ3v) is 10.6. The number of aromatic nitrogens is 1. The van der Waals surface area contributed by atoms with Crippen LogP contribution in [-0.4, -0.2) is 74.2 Å². The van der Waals surface area contributed by atoms with Crippen molar-refractivity contribution in [2.45, 2.75) is 39.2 Å². The van der Waals surface area contributed by atoms with Crippen molar-refractivity contribution in [1.82, 2.24) is 4.98 Å². The molecule has 0 bridgehead atoms. The predicted molar refractivity (Wildman–Crippen MR) is 254 cm³/mol. The zero-order valence-electron chi connectivity index (χ0n) is 36.6. The number of esters is 4. The van der Waals surface area contributed by atoms with Gasteiger partial charge in [-0.2, -0.15) is 5.10 Å². The van der Waals surface area contributed by atoms with E-state index in [4.69, 9.17) is 33.2 Å². The number of anilines is 1. The number of hydrazone groups is 1.